The Hall–Kier alpha value is -2.47. The van der Waals surface area contributed by atoms with Crippen LogP contribution in [0.3, 0.4) is 0 Å². The van der Waals surface area contributed by atoms with Gasteiger partial charge in [0.15, 0.2) is 0 Å². The van der Waals surface area contributed by atoms with E-state index in [0.29, 0.717) is 5.78 Å². The third kappa shape index (κ3) is 71.5. The molecule has 0 aromatic rings. The summed E-state index contributed by atoms with van der Waals surface area (Å²) < 4.78 is 0. The molecule has 0 aliphatic heterocycles. The molecule has 0 saturated heterocycles. The first-order chi connectivity index (χ1) is 36.2. The van der Waals surface area contributed by atoms with E-state index in [0.717, 1.165) is 57.4 Å². The van der Waals surface area contributed by atoms with E-state index in [1.54, 1.807) is 9.80 Å². The van der Waals surface area contributed by atoms with Crippen molar-refractivity contribution >= 4 is 25.7 Å². The average Bonchev–Trinajstić information content (AvgIpc) is 3.37. The second-order valence-corrected chi connectivity index (χ2v) is 29.2. The number of amides is 2. The van der Waals surface area contributed by atoms with Crippen LogP contribution in [0.5, 0.6) is 0 Å². The number of ketones is 1. The largest absolute Gasteiger partial charge is 0.349 e. The highest BCUT2D eigenvalue weighted by Crippen LogP contribution is 2.20. The minimum Gasteiger partial charge on any atom is -0.349 e. The quantitative estimate of drug-likeness (QED) is 0.0264. The van der Waals surface area contributed by atoms with Crippen molar-refractivity contribution in [3.8, 4) is 0 Å². The summed E-state index contributed by atoms with van der Waals surface area (Å²) in [4.78, 5) is 38.6. The fraction of sp³-hybridized carbons (Fsp3) is 0.814. The average molecular weight is 1080 g/mol. The molecule has 0 saturated carbocycles. The minimum atomic E-state index is -1.17. The van der Waals surface area contributed by atoms with Crippen molar-refractivity contribution in [2.24, 2.45) is 0 Å². The number of allylic oxidation sites excluding steroid dienone is 9. The summed E-state index contributed by atoms with van der Waals surface area (Å²) in [5.41, 5.74) is 1.37. The van der Waals surface area contributed by atoms with Crippen molar-refractivity contribution in [3.63, 3.8) is 0 Å². The number of carbonyl (C=O) groups excluding carboxylic acids is 3. The van der Waals surface area contributed by atoms with Crippen LogP contribution in [0.1, 0.15) is 318 Å². The summed E-state index contributed by atoms with van der Waals surface area (Å²) in [6, 6.07) is 0.764. The number of hydrogen-bond donors (Lipinski definition) is 0. The molecular weight excluding hydrogens is 945 g/mol. The first-order valence-electron chi connectivity index (χ1n) is 32.5. The van der Waals surface area contributed by atoms with E-state index < -0.39 is 8.07 Å². The van der Waals surface area contributed by atoms with E-state index in [4.69, 9.17) is 0 Å². The molecule has 0 unspecified atom stereocenters. The van der Waals surface area contributed by atoms with Crippen molar-refractivity contribution in [2.45, 2.75) is 343 Å². The highest BCUT2D eigenvalue weighted by Gasteiger charge is 2.18. The number of hydrogen-bond acceptors (Lipinski definition) is 3. The Morgan fingerprint density at radius 3 is 0.882 bits per heavy atom. The van der Waals surface area contributed by atoms with Crippen LogP contribution < -0.4 is 0 Å². The molecule has 0 radical (unpaired) electrons. The van der Waals surface area contributed by atoms with Crippen molar-refractivity contribution in [1.29, 1.82) is 0 Å². The highest BCUT2D eigenvalue weighted by molar-refractivity contribution is 6.78. The second-order valence-electron chi connectivity index (χ2n) is 23.7. The summed E-state index contributed by atoms with van der Waals surface area (Å²) in [5, 5.41) is 0. The summed E-state index contributed by atoms with van der Waals surface area (Å²) in [6.45, 7) is 15.7. The summed E-state index contributed by atoms with van der Waals surface area (Å²) in [6.07, 6.45) is 76.4. The van der Waals surface area contributed by atoms with Gasteiger partial charge in [-0.05, 0) is 103 Å². The summed E-state index contributed by atoms with van der Waals surface area (Å²) in [5.74, 6) is 0.922. The Kier molecular flexibility index (Phi) is 68.5. The van der Waals surface area contributed by atoms with Crippen LogP contribution in [-0.4, -0.2) is 63.7 Å². The Balaban J connectivity index is -0.000000575. The zero-order chi connectivity index (χ0) is 56.1. The van der Waals surface area contributed by atoms with E-state index in [1.807, 2.05) is 34.3 Å². The normalized spacial score (nSPS) is 11.8. The van der Waals surface area contributed by atoms with E-state index >= 15 is 0 Å². The maximum Gasteiger partial charge on any atom is 0.245 e. The monoisotopic (exact) mass is 1080 g/mol. The predicted octanol–water partition coefficient (Wildman–Crippen LogP) is 23.1. The molecule has 6 heteroatoms. The molecule has 0 atom stereocenters. The highest BCUT2D eigenvalue weighted by atomic mass is 28.3. The smallest absolute Gasteiger partial charge is 0.245 e. The minimum absolute atomic E-state index is 0. The maximum absolute atomic E-state index is 12.2. The van der Waals surface area contributed by atoms with Gasteiger partial charge in [-0.1, -0.05) is 276 Å². The summed E-state index contributed by atoms with van der Waals surface area (Å²) in [7, 11) is 6.15. The number of carbonyl (C=O) groups is 3. The van der Waals surface area contributed by atoms with Crippen LogP contribution in [0.15, 0.2) is 60.3 Å². The van der Waals surface area contributed by atoms with Gasteiger partial charge >= 0.3 is 0 Å². The van der Waals surface area contributed by atoms with Crippen LogP contribution >= 0.6 is 0 Å². The molecule has 0 rings (SSSR count). The van der Waals surface area contributed by atoms with Crippen LogP contribution in [0.25, 0.3) is 0 Å². The Morgan fingerprint density at radius 1 is 0.342 bits per heavy atom. The van der Waals surface area contributed by atoms with Gasteiger partial charge in [0.1, 0.15) is 5.78 Å². The van der Waals surface area contributed by atoms with Gasteiger partial charge in [0, 0.05) is 53.2 Å². The molecule has 0 aromatic heterocycles. The molecule has 0 N–H and O–H groups in total. The number of likely N-dealkylation sites (N-methyl/N-ethyl adjacent to an activating group) is 1. The third-order valence-corrected chi connectivity index (χ3v) is 15.3. The van der Waals surface area contributed by atoms with Gasteiger partial charge in [0.05, 0.1) is 8.07 Å². The zero-order valence-corrected chi connectivity index (χ0v) is 53.6. The van der Waals surface area contributed by atoms with E-state index in [1.165, 1.54) is 237 Å². The molecule has 0 spiro atoms. The lowest BCUT2D eigenvalue weighted by Gasteiger charge is -2.18. The van der Waals surface area contributed by atoms with Gasteiger partial charge in [-0.2, -0.15) is 0 Å². The Bertz CT molecular complexity index is 1370. The molecule has 0 aliphatic carbocycles. The van der Waals surface area contributed by atoms with Gasteiger partial charge in [0.25, 0.3) is 0 Å². The first-order valence-corrected chi connectivity index (χ1v) is 36.2. The Labute approximate surface area is 479 Å². The SMILES string of the molecule is C.CCCCC/C=C\C/C=C\CCCCCCCCC/C(=C/C(=O)N(C)C)CCCCCCCCC.CCCCC/C=C\C/C=C\CCCCCCCCCC(=O)CCCCCCCCC.CN(C)C(=O)C[Si](C)(C)C. The topological polar surface area (TPSA) is 57.7 Å². The van der Waals surface area contributed by atoms with Crippen LogP contribution in [-0.2, 0) is 14.4 Å². The van der Waals surface area contributed by atoms with Gasteiger partial charge < -0.3 is 9.80 Å². The van der Waals surface area contributed by atoms with Crippen molar-refractivity contribution in [3.05, 3.63) is 60.3 Å². The van der Waals surface area contributed by atoms with E-state index in [9.17, 15) is 14.4 Å². The first kappa shape index (κ1) is 80.0. The standard InChI is InChI=1S/C33H61NO.C29H54O.C7H17NOSi.CH4/c1-5-7-9-11-13-14-15-16-17-18-19-20-21-22-24-26-28-30-32(31-33(35)34(3)4)29-27-25-23-12-10-8-6-2;1-3-5-7-9-11-12-13-14-15-16-17-18-19-20-22-24-26-28-29(30)27-25-23-21-10-8-6-4-2;1-8(2)7(9)6-10(3,4)5;/h13-14,16-17,31H,5-12,15,18-30H2,1-4H3;11-12,14-15H,3-10,13,16-28H2,1-2H3;6H2,1-5H3;1H4/b14-13-,17-16-,32-31+;12-11-,15-14-;;. The lowest BCUT2D eigenvalue weighted by Crippen LogP contribution is -2.31. The molecular formula is C70H136N2O3Si. The number of Topliss-reactive ketones (excluding diaryl/α,β-unsaturated/α-hetero) is 1. The molecule has 0 aliphatic rings. The fourth-order valence-electron chi connectivity index (χ4n) is 8.90. The molecule has 0 aromatic carbocycles. The second kappa shape index (κ2) is 65.0. The van der Waals surface area contributed by atoms with Crippen LogP contribution in [0, 0.1) is 0 Å². The van der Waals surface area contributed by atoms with Crippen LogP contribution in [0.4, 0.5) is 0 Å². The van der Waals surface area contributed by atoms with Crippen molar-refractivity contribution in [2.75, 3.05) is 28.2 Å². The number of nitrogens with zero attached hydrogens (tertiary/aromatic N) is 2. The zero-order valence-electron chi connectivity index (χ0n) is 52.6. The molecule has 5 nitrogen and oxygen atoms in total. The number of rotatable bonds is 51. The van der Waals surface area contributed by atoms with Gasteiger partial charge in [-0.25, -0.2) is 0 Å². The molecule has 2 amide bonds. The molecule has 0 fully saturated rings. The Morgan fingerprint density at radius 2 is 0.605 bits per heavy atom. The molecule has 448 valence electrons. The molecule has 0 bridgehead atoms. The van der Waals surface area contributed by atoms with Gasteiger partial charge in [-0.3, -0.25) is 14.4 Å². The lowest BCUT2D eigenvalue weighted by molar-refractivity contribution is -0.126. The van der Waals surface area contributed by atoms with Crippen LogP contribution in [0.2, 0.25) is 25.7 Å². The molecule has 0 heterocycles. The van der Waals surface area contributed by atoms with E-state index in [-0.39, 0.29) is 19.2 Å². The fourth-order valence-corrected chi connectivity index (χ4v) is 10.1. The van der Waals surface area contributed by atoms with E-state index in [2.05, 4.69) is 95.9 Å². The van der Waals surface area contributed by atoms with Crippen molar-refractivity contribution in [1.82, 2.24) is 9.80 Å². The summed E-state index contributed by atoms with van der Waals surface area (Å²) >= 11 is 0. The van der Waals surface area contributed by atoms with Gasteiger partial charge in [-0.15, -0.1) is 0 Å². The predicted molar refractivity (Wildman–Crippen MR) is 348 cm³/mol. The maximum atomic E-state index is 12.2. The van der Waals surface area contributed by atoms with Gasteiger partial charge in [0.2, 0.25) is 11.8 Å². The lowest BCUT2D eigenvalue weighted by atomic mass is 9.98. The number of unbranched alkanes of at least 4 members (excludes halogenated alkanes) is 32. The van der Waals surface area contributed by atoms with Crippen molar-refractivity contribution < 1.29 is 14.4 Å². The third-order valence-electron chi connectivity index (χ3n) is 14.0. The molecule has 76 heavy (non-hydrogen) atoms.